The summed E-state index contributed by atoms with van der Waals surface area (Å²) in [6.45, 7) is 0.541. The summed E-state index contributed by atoms with van der Waals surface area (Å²) in [6.07, 6.45) is 0. The van der Waals surface area contributed by atoms with E-state index in [1.807, 2.05) is 18.2 Å². The maximum Gasteiger partial charge on any atom is 0.322 e. The SMILES string of the molecule is C.CNC(=O)Cl.CNC(=O)N1CC(c2ccccc2Cl)N=C1c1c(F)cccc1F.Fc1cccc(F)c1C1=NCC(c2ccccc2Cl)N1. The van der Waals surface area contributed by atoms with Gasteiger partial charge in [0.25, 0.3) is 0 Å². The first-order chi connectivity index (χ1) is 23.5. The Morgan fingerprint density at radius 2 is 1.24 bits per heavy atom. The van der Waals surface area contributed by atoms with Gasteiger partial charge in [-0.05, 0) is 59.1 Å². The van der Waals surface area contributed by atoms with Crippen LogP contribution in [0, 0.1) is 23.3 Å². The summed E-state index contributed by atoms with van der Waals surface area (Å²) < 4.78 is 55.7. The van der Waals surface area contributed by atoms with Crippen molar-refractivity contribution in [2.75, 3.05) is 27.2 Å². The molecule has 0 fully saturated rings. The second-order valence-electron chi connectivity index (χ2n) is 10.3. The lowest BCUT2D eigenvalue weighted by Crippen LogP contribution is -2.41. The van der Waals surface area contributed by atoms with E-state index in [1.54, 1.807) is 30.3 Å². The van der Waals surface area contributed by atoms with Crippen LogP contribution < -0.4 is 16.0 Å². The highest BCUT2D eigenvalue weighted by atomic mass is 35.5. The first-order valence-corrected chi connectivity index (χ1v) is 15.7. The van der Waals surface area contributed by atoms with Gasteiger partial charge in [-0.15, -0.1) is 0 Å². The standard InChI is InChI=1S/C17H14ClF2N3O.C15H11ClF2N2.C2H4ClNO.CH4/c1-21-17(24)23-9-14(10-5-2-3-6-11(10)18)22-16(23)15-12(19)7-4-8-13(15)20;16-10-5-2-1-4-9(10)13-8-19-15(20-13)14-11(17)6-3-7-12(14)18;1-4-2(3)5;/h2-8,14H,9H2,1H3,(H,21,24);1-7,13H,8H2,(H,19,20);1H3,(H,4,5);1H4. The zero-order valence-corrected chi connectivity index (χ0v) is 28.2. The Hall–Kier alpha value is -4.65. The maximum atomic E-state index is 14.1. The predicted octanol–water partition coefficient (Wildman–Crippen LogP) is 8.67. The number of amides is 3. The van der Waals surface area contributed by atoms with E-state index in [-0.39, 0.29) is 42.8 Å². The van der Waals surface area contributed by atoms with Gasteiger partial charge in [0.1, 0.15) is 34.9 Å². The highest BCUT2D eigenvalue weighted by molar-refractivity contribution is 6.62. The van der Waals surface area contributed by atoms with Crippen molar-refractivity contribution in [3.8, 4) is 0 Å². The molecule has 4 aromatic carbocycles. The summed E-state index contributed by atoms with van der Waals surface area (Å²) in [5.74, 6) is -2.63. The van der Waals surface area contributed by atoms with Crippen LogP contribution in [0.15, 0.2) is 94.9 Å². The van der Waals surface area contributed by atoms with Crippen molar-refractivity contribution >= 4 is 57.9 Å². The lowest BCUT2D eigenvalue weighted by molar-refractivity contribution is 0.224. The fourth-order valence-corrected chi connectivity index (χ4v) is 5.43. The number of aliphatic imine (C=N–C) groups is 2. The normalized spacial score (nSPS) is 15.9. The van der Waals surface area contributed by atoms with Crippen LogP contribution in [0.3, 0.4) is 0 Å². The summed E-state index contributed by atoms with van der Waals surface area (Å²) >= 11 is 17.0. The van der Waals surface area contributed by atoms with Crippen LogP contribution in [-0.2, 0) is 0 Å². The number of hydrogen-bond donors (Lipinski definition) is 3. The van der Waals surface area contributed by atoms with Gasteiger partial charge in [-0.25, -0.2) is 22.4 Å². The molecule has 0 aliphatic carbocycles. The summed E-state index contributed by atoms with van der Waals surface area (Å²) in [7, 11) is 2.91. The van der Waals surface area contributed by atoms with Gasteiger partial charge in [0, 0.05) is 24.1 Å². The number of carbonyl (C=O) groups excluding carboxylic acids is 2. The van der Waals surface area contributed by atoms with Gasteiger partial charge in [0.05, 0.1) is 36.3 Å². The number of urea groups is 1. The Balaban J connectivity index is 0.000000237. The quantitative estimate of drug-likeness (QED) is 0.111. The summed E-state index contributed by atoms with van der Waals surface area (Å²) in [5.41, 5.74) is 1.11. The van der Waals surface area contributed by atoms with Crippen molar-refractivity contribution in [2.24, 2.45) is 9.98 Å². The average Bonchev–Trinajstić information content (AvgIpc) is 3.74. The number of amidine groups is 2. The summed E-state index contributed by atoms with van der Waals surface area (Å²) in [4.78, 5) is 31.4. The minimum absolute atomic E-state index is 0. The number of halogens is 7. The van der Waals surface area contributed by atoms with Crippen molar-refractivity contribution in [3.05, 3.63) is 140 Å². The molecule has 50 heavy (non-hydrogen) atoms. The van der Waals surface area contributed by atoms with Crippen LogP contribution in [0.5, 0.6) is 0 Å². The third-order valence-corrected chi connectivity index (χ3v) is 8.10. The number of rotatable bonds is 4. The third kappa shape index (κ3) is 9.52. The lowest BCUT2D eigenvalue weighted by Gasteiger charge is -2.19. The third-order valence-electron chi connectivity index (χ3n) is 7.22. The zero-order valence-electron chi connectivity index (χ0n) is 26.0. The van der Waals surface area contributed by atoms with E-state index in [9.17, 15) is 27.2 Å². The van der Waals surface area contributed by atoms with Crippen molar-refractivity contribution in [1.82, 2.24) is 20.9 Å². The van der Waals surface area contributed by atoms with Gasteiger partial charge in [-0.1, -0.05) is 79.2 Å². The van der Waals surface area contributed by atoms with Gasteiger partial charge >= 0.3 is 11.4 Å². The van der Waals surface area contributed by atoms with Crippen LogP contribution in [0.1, 0.15) is 41.8 Å². The van der Waals surface area contributed by atoms with Crippen LogP contribution in [0.25, 0.3) is 0 Å². The Morgan fingerprint density at radius 3 is 1.72 bits per heavy atom. The lowest BCUT2D eigenvalue weighted by atomic mass is 10.1. The van der Waals surface area contributed by atoms with Crippen molar-refractivity contribution in [3.63, 3.8) is 0 Å². The molecule has 0 aromatic heterocycles. The van der Waals surface area contributed by atoms with E-state index in [4.69, 9.17) is 34.8 Å². The minimum atomic E-state index is -0.775. The van der Waals surface area contributed by atoms with Crippen LogP contribution in [-0.4, -0.2) is 55.2 Å². The first kappa shape index (κ1) is 39.8. The average molecular weight is 752 g/mol. The number of hydrogen-bond acceptors (Lipinski definition) is 5. The molecule has 0 saturated carbocycles. The molecule has 2 heterocycles. The van der Waals surface area contributed by atoms with Crippen molar-refractivity contribution in [1.29, 1.82) is 0 Å². The molecule has 3 amide bonds. The van der Waals surface area contributed by atoms with E-state index in [2.05, 4.69) is 25.9 Å². The molecule has 3 N–H and O–H groups in total. The first-order valence-electron chi connectivity index (χ1n) is 14.6. The van der Waals surface area contributed by atoms with Crippen LogP contribution in [0.2, 0.25) is 10.0 Å². The molecule has 6 rings (SSSR count). The molecule has 0 saturated heterocycles. The van der Waals surface area contributed by atoms with E-state index >= 15 is 0 Å². The summed E-state index contributed by atoms with van der Waals surface area (Å²) in [5, 5.41) is 8.21. The molecule has 8 nitrogen and oxygen atoms in total. The molecule has 0 spiro atoms. The number of carbonyl (C=O) groups is 2. The molecule has 264 valence electrons. The Kier molecular flexibility index (Phi) is 14.6. The Labute approximate surface area is 302 Å². The fraction of sp³-hybridized carbons (Fsp3) is 0.200. The number of benzene rings is 4. The molecular formula is C35H33Cl3F4N6O2. The van der Waals surface area contributed by atoms with Gasteiger partial charge in [0.15, 0.2) is 0 Å². The molecule has 2 aliphatic heterocycles. The predicted molar refractivity (Wildman–Crippen MR) is 190 cm³/mol. The number of nitrogens with zero attached hydrogens (tertiary/aromatic N) is 3. The van der Waals surface area contributed by atoms with Crippen LogP contribution in [0.4, 0.5) is 27.2 Å². The highest BCUT2D eigenvalue weighted by Crippen LogP contribution is 2.33. The Bertz CT molecular complexity index is 1850. The molecule has 4 aromatic rings. The molecule has 0 bridgehead atoms. The molecule has 2 atom stereocenters. The molecule has 2 unspecified atom stereocenters. The largest absolute Gasteiger partial charge is 0.361 e. The van der Waals surface area contributed by atoms with E-state index in [0.717, 1.165) is 17.7 Å². The molecule has 2 aliphatic rings. The molecule has 15 heteroatoms. The molecule has 0 radical (unpaired) electrons. The van der Waals surface area contributed by atoms with E-state index in [1.165, 1.54) is 43.3 Å². The fourth-order valence-electron chi connectivity index (χ4n) is 4.90. The highest BCUT2D eigenvalue weighted by Gasteiger charge is 2.35. The van der Waals surface area contributed by atoms with Crippen molar-refractivity contribution < 1.29 is 27.2 Å². The minimum Gasteiger partial charge on any atom is -0.361 e. The topological polar surface area (TPSA) is 98.2 Å². The second kappa shape index (κ2) is 18.4. The van der Waals surface area contributed by atoms with E-state index < -0.39 is 40.7 Å². The van der Waals surface area contributed by atoms with E-state index in [0.29, 0.717) is 22.2 Å². The zero-order chi connectivity index (χ0) is 35.7. The maximum absolute atomic E-state index is 14.1. The van der Waals surface area contributed by atoms with Gasteiger partial charge in [-0.2, -0.15) is 0 Å². The second-order valence-corrected chi connectivity index (χ2v) is 11.4. The molecular weight excluding hydrogens is 719 g/mol. The van der Waals surface area contributed by atoms with Crippen LogP contribution >= 0.6 is 34.8 Å². The number of nitrogens with one attached hydrogen (secondary N) is 3. The summed E-state index contributed by atoms with van der Waals surface area (Å²) in [6, 6.07) is 20.5. The monoisotopic (exact) mass is 750 g/mol. The van der Waals surface area contributed by atoms with Gasteiger partial charge < -0.3 is 16.0 Å². The van der Waals surface area contributed by atoms with Gasteiger partial charge in [-0.3, -0.25) is 19.7 Å². The van der Waals surface area contributed by atoms with Gasteiger partial charge in [0.2, 0.25) is 0 Å². The smallest absolute Gasteiger partial charge is 0.322 e. The Morgan fingerprint density at radius 1 is 0.760 bits per heavy atom. The van der Waals surface area contributed by atoms with Crippen molar-refractivity contribution in [2.45, 2.75) is 19.5 Å².